The van der Waals surface area contributed by atoms with Gasteiger partial charge in [0.25, 0.3) is 0 Å². The van der Waals surface area contributed by atoms with Crippen molar-refractivity contribution in [1.29, 1.82) is 0 Å². The maximum atomic E-state index is 5.88. The number of nitrogen functional groups attached to an aromatic ring is 1. The third kappa shape index (κ3) is 2.46. The van der Waals surface area contributed by atoms with Crippen molar-refractivity contribution in [2.45, 2.75) is 0 Å². The Hall–Kier alpha value is -2.26. The van der Waals surface area contributed by atoms with Crippen LogP contribution in [-0.2, 0) is 0 Å². The summed E-state index contributed by atoms with van der Waals surface area (Å²) in [5.74, 6) is 0. The summed E-state index contributed by atoms with van der Waals surface area (Å²) in [6.45, 7) is 0. The van der Waals surface area contributed by atoms with Gasteiger partial charge in [0, 0.05) is 22.5 Å². The fraction of sp³-hybridized carbons (Fsp3) is 0. The van der Waals surface area contributed by atoms with Crippen molar-refractivity contribution in [3.63, 3.8) is 0 Å². The highest BCUT2D eigenvalue weighted by molar-refractivity contribution is 6.30. The Morgan fingerprint density at radius 1 is 0.895 bits per heavy atom. The van der Waals surface area contributed by atoms with E-state index in [1.807, 2.05) is 65.6 Å². The summed E-state index contributed by atoms with van der Waals surface area (Å²) in [5.41, 5.74) is 9.54. The van der Waals surface area contributed by atoms with Crippen molar-refractivity contribution >= 4 is 17.3 Å². The van der Waals surface area contributed by atoms with Crippen LogP contribution in [0.1, 0.15) is 0 Å². The first-order chi connectivity index (χ1) is 9.22. The molecule has 0 amide bonds. The normalized spacial score (nSPS) is 10.6. The van der Waals surface area contributed by atoms with E-state index >= 15 is 0 Å². The Kier molecular flexibility index (Phi) is 2.97. The van der Waals surface area contributed by atoms with Crippen LogP contribution in [0.4, 0.5) is 5.69 Å². The number of rotatable bonds is 2. The molecule has 0 saturated heterocycles. The number of benzene rings is 2. The van der Waals surface area contributed by atoms with Crippen molar-refractivity contribution in [2.24, 2.45) is 0 Å². The first-order valence-electron chi connectivity index (χ1n) is 5.89. The molecule has 19 heavy (non-hydrogen) atoms. The molecule has 0 saturated carbocycles. The summed E-state index contributed by atoms with van der Waals surface area (Å²) in [6.07, 6.45) is 3.81. The van der Waals surface area contributed by atoms with Crippen LogP contribution < -0.4 is 5.73 Å². The monoisotopic (exact) mass is 269 g/mol. The number of halogens is 1. The highest BCUT2D eigenvalue weighted by Gasteiger charge is 2.03. The second-order valence-corrected chi connectivity index (χ2v) is 4.71. The van der Waals surface area contributed by atoms with Crippen molar-refractivity contribution in [1.82, 2.24) is 9.78 Å². The predicted octanol–water partition coefficient (Wildman–Crippen LogP) is 3.77. The predicted molar refractivity (Wildman–Crippen MR) is 78.4 cm³/mol. The minimum atomic E-state index is 0.731. The molecule has 94 valence electrons. The summed E-state index contributed by atoms with van der Waals surface area (Å²) in [4.78, 5) is 0. The van der Waals surface area contributed by atoms with Gasteiger partial charge in [-0.25, -0.2) is 4.68 Å². The molecular formula is C15H12ClN3. The van der Waals surface area contributed by atoms with E-state index in [1.165, 1.54) is 0 Å². The fourth-order valence-corrected chi connectivity index (χ4v) is 2.01. The third-order valence-corrected chi connectivity index (χ3v) is 3.17. The number of anilines is 1. The Morgan fingerprint density at radius 3 is 2.26 bits per heavy atom. The average molecular weight is 270 g/mol. The van der Waals surface area contributed by atoms with Gasteiger partial charge in [-0.1, -0.05) is 23.7 Å². The number of nitrogens with two attached hydrogens (primary N) is 1. The molecule has 0 aliphatic rings. The standard InChI is InChI=1S/C15H12ClN3/c16-13-3-1-11(2-4-13)12-9-18-19(10-12)15-7-5-14(17)6-8-15/h1-10H,17H2. The molecule has 3 rings (SSSR count). The van der Waals surface area contributed by atoms with E-state index in [0.29, 0.717) is 0 Å². The van der Waals surface area contributed by atoms with E-state index in [-0.39, 0.29) is 0 Å². The van der Waals surface area contributed by atoms with Gasteiger partial charge in [-0.2, -0.15) is 5.10 Å². The van der Waals surface area contributed by atoms with Crippen LogP contribution in [-0.4, -0.2) is 9.78 Å². The van der Waals surface area contributed by atoms with E-state index < -0.39 is 0 Å². The Labute approximate surface area is 116 Å². The van der Waals surface area contributed by atoms with Gasteiger partial charge in [-0.3, -0.25) is 0 Å². The van der Waals surface area contributed by atoms with Crippen molar-refractivity contribution in [3.05, 3.63) is 65.9 Å². The van der Waals surface area contributed by atoms with Crippen LogP contribution >= 0.6 is 11.6 Å². The smallest absolute Gasteiger partial charge is 0.0647 e. The lowest BCUT2D eigenvalue weighted by Gasteiger charge is -2.01. The van der Waals surface area contributed by atoms with Crippen LogP contribution in [0, 0.1) is 0 Å². The lowest BCUT2D eigenvalue weighted by atomic mass is 10.1. The molecule has 1 aromatic heterocycles. The molecule has 3 nitrogen and oxygen atoms in total. The van der Waals surface area contributed by atoms with Gasteiger partial charge in [0.1, 0.15) is 0 Å². The number of nitrogens with zero attached hydrogens (tertiary/aromatic N) is 2. The number of aromatic nitrogens is 2. The van der Waals surface area contributed by atoms with Crippen LogP contribution in [0.25, 0.3) is 16.8 Å². The fourth-order valence-electron chi connectivity index (χ4n) is 1.88. The van der Waals surface area contributed by atoms with Crippen LogP contribution in [0.3, 0.4) is 0 Å². The maximum absolute atomic E-state index is 5.88. The van der Waals surface area contributed by atoms with E-state index in [4.69, 9.17) is 17.3 Å². The van der Waals surface area contributed by atoms with Gasteiger partial charge < -0.3 is 5.73 Å². The SMILES string of the molecule is Nc1ccc(-n2cc(-c3ccc(Cl)cc3)cn2)cc1. The van der Waals surface area contributed by atoms with Gasteiger partial charge in [0.2, 0.25) is 0 Å². The van der Waals surface area contributed by atoms with E-state index in [0.717, 1.165) is 27.5 Å². The van der Waals surface area contributed by atoms with Crippen LogP contribution in [0.15, 0.2) is 60.9 Å². The van der Waals surface area contributed by atoms with Gasteiger partial charge in [-0.15, -0.1) is 0 Å². The molecule has 4 heteroatoms. The highest BCUT2D eigenvalue weighted by atomic mass is 35.5. The van der Waals surface area contributed by atoms with Crippen LogP contribution in [0.2, 0.25) is 5.02 Å². The molecule has 0 bridgehead atoms. The van der Waals surface area contributed by atoms with Gasteiger partial charge >= 0.3 is 0 Å². The van der Waals surface area contributed by atoms with Crippen molar-refractivity contribution in [3.8, 4) is 16.8 Å². The highest BCUT2D eigenvalue weighted by Crippen LogP contribution is 2.22. The second-order valence-electron chi connectivity index (χ2n) is 4.27. The molecule has 0 radical (unpaired) electrons. The Bertz CT molecular complexity index is 624. The van der Waals surface area contributed by atoms with Crippen molar-refractivity contribution < 1.29 is 0 Å². The van der Waals surface area contributed by atoms with Crippen LogP contribution in [0.5, 0.6) is 0 Å². The second kappa shape index (κ2) is 4.78. The molecule has 3 aromatic rings. The van der Waals surface area contributed by atoms with E-state index in [1.54, 1.807) is 0 Å². The van der Waals surface area contributed by atoms with E-state index in [9.17, 15) is 0 Å². The van der Waals surface area contributed by atoms with Crippen molar-refractivity contribution in [2.75, 3.05) is 5.73 Å². The van der Waals surface area contributed by atoms with Gasteiger partial charge in [0.05, 0.1) is 11.9 Å². The average Bonchev–Trinajstić information content (AvgIpc) is 2.90. The quantitative estimate of drug-likeness (QED) is 0.720. The first-order valence-corrected chi connectivity index (χ1v) is 6.27. The summed E-state index contributed by atoms with van der Waals surface area (Å²) in [5, 5.41) is 5.09. The minimum Gasteiger partial charge on any atom is -0.399 e. The molecular weight excluding hydrogens is 258 g/mol. The molecule has 2 aromatic carbocycles. The summed E-state index contributed by atoms with van der Waals surface area (Å²) in [7, 11) is 0. The lowest BCUT2D eigenvalue weighted by Crippen LogP contribution is -1.94. The van der Waals surface area contributed by atoms with Gasteiger partial charge in [0.15, 0.2) is 0 Å². The summed E-state index contributed by atoms with van der Waals surface area (Å²) >= 11 is 5.88. The van der Waals surface area contributed by atoms with Gasteiger partial charge in [-0.05, 0) is 42.0 Å². The zero-order chi connectivity index (χ0) is 13.2. The lowest BCUT2D eigenvalue weighted by molar-refractivity contribution is 0.881. The molecule has 2 N–H and O–H groups in total. The Morgan fingerprint density at radius 2 is 1.58 bits per heavy atom. The summed E-state index contributed by atoms with van der Waals surface area (Å²) < 4.78 is 1.82. The molecule has 0 fully saturated rings. The molecule has 1 heterocycles. The van der Waals surface area contributed by atoms with E-state index in [2.05, 4.69) is 5.10 Å². The maximum Gasteiger partial charge on any atom is 0.0647 e. The molecule has 0 unspecified atom stereocenters. The third-order valence-electron chi connectivity index (χ3n) is 2.92. The molecule has 0 atom stereocenters. The largest absolute Gasteiger partial charge is 0.399 e. The number of hydrogen-bond acceptors (Lipinski definition) is 2. The molecule has 0 spiro atoms. The Balaban J connectivity index is 1.95. The number of hydrogen-bond donors (Lipinski definition) is 1. The molecule has 0 aliphatic heterocycles. The molecule has 0 aliphatic carbocycles. The first kappa shape index (κ1) is 11.8. The topological polar surface area (TPSA) is 43.8 Å². The minimum absolute atomic E-state index is 0.731. The zero-order valence-corrected chi connectivity index (χ0v) is 10.9. The zero-order valence-electron chi connectivity index (χ0n) is 10.1. The summed E-state index contributed by atoms with van der Waals surface area (Å²) in [6, 6.07) is 15.3.